The zero-order valence-electron chi connectivity index (χ0n) is 9.59. The monoisotopic (exact) mass is 310 g/mol. The molecule has 18 heavy (non-hydrogen) atoms. The van der Waals surface area contributed by atoms with Crippen molar-refractivity contribution in [3.8, 4) is 0 Å². The molecule has 1 aromatic carbocycles. The maximum Gasteiger partial charge on any atom is 0.328 e. The van der Waals surface area contributed by atoms with Gasteiger partial charge in [0, 0.05) is 11.6 Å². The van der Waals surface area contributed by atoms with Gasteiger partial charge in [0.15, 0.2) is 0 Å². The molecule has 0 radical (unpaired) electrons. The quantitative estimate of drug-likeness (QED) is 0.515. The maximum atomic E-state index is 11.4. The second-order valence-corrected chi connectivity index (χ2v) is 4.57. The van der Waals surface area contributed by atoms with E-state index in [2.05, 4.69) is 15.9 Å². The molecule has 94 valence electrons. The number of carbonyl (C=O) groups excluding carboxylic acids is 2. The van der Waals surface area contributed by atoms with Gasteiger partial charge in [0.2, 0.25) is 0 Å². The van der Waals surface area contributed by atoms with E-state index in [-0.39, 0.29) is 5.78 Å². The van der Waals surface area contributed by atoms with Crippen LogP contribution in [0.2, 0.25) is 0 Å². The molecular weight excluding hydrogens is 300 g/mol. The van der Waals surface area contributed by atoms with Crippen LogP contribution in [0.3, 0.4) is 0 Å². The van der Waals surface area contributed by atoms with Crippen LogP contribution in [0, 0.1) is 0 Å². The molecule has 0 aromatic heterocycles. The molecule has 0 saturated carbocycles. The molecule has 0 bridgehead atoms. The number of Topliss-reactive ketones (excluding diaryl/α,β-unsaturated/α-hetero) is 1. The number of rotatable bonds is 5. The van der Waals surface area contributed by atoms with E-state index in [0.29, 0.717) is 23.0 Å². The topological polar surface area (TPSA) is 71.4 Å². The Labute approximate surface area is 112 Å². The molecule has 0 heterocycles. The highest BCUT2D eigenvalue weighted by atomic mass is 79.9. The third-order valence-electron chi connectivity index (χ3n) is 2.28. The SMILES string of the molecule is CC(=O)C(Br)c1cc(C=O)ccc1C=CC(=O)O. The average Bonchev–Trinajstić information content (AvgIpc) is 2.35. The molecule has 1 unspecified atom stereocenters. The largest absolute Gasteiger partial charge is 0.478 e. The first-order valence-electron chi connectivity index (χ1n) is 5.10. The number of hydrogen-bond acceptors (Lipinski definition) is 3. The van der Waals surface area contributed by atoms with Crippen LogP contribution in [0.4, 0.5) is 0 Å². The number of carbonyl (C=O) groups is 3. The molecule has 4 nitrogen and oxygen atoms in total. The molecule has 0 aliphatic carbocycles. The second kappa shape index (κ2) is 6.26. The van der Waals surface area contributed by atoms with Gasteiger partial charge in [-0.25, -0.2) is 4.79 Å². The van der Waals surface area contributed by atoms with Gasteiger partial charge in [-0.05, 0) is 30.2 Å². The number of benzene rings is 1. The van der Waals surface area contributed by atoms with Gasteiger partial charge in [0.25, 0.3) is 0 Å². The Bertz CT molecular complexity index is 520. The van der Waals surface area contributed by atoms with E-state index in [1.165, 1.54) is 13.0 Å². The summed E-state index contributed by atoms with van der Waals surface area (Å²) in [7, 11) is 0. The number of carboxylic acids is 1. The summed E-state index contributed by atoms with van der Waals surface area (Å²) in [5.41, 5.74) is 1.59. The van der Waals surface area contributed by atoms with Crippen molar-refractivity contribution in [1.82, 2.24) is 0 Å². The zero-order valence-corrected chi connectivity index (χ0v) is 11.2. The van der Waals surface area contributed by atoms with E-state index < -0.39 is 10.8 Å². The van der Waals surface area contributed by atoms with Gasteiger partial charge in [-0.2, -0.15) is 0 Å². The fraction of sp³-hybridized carbons (Fsp3) is 0.154. The predicted molar refractivity (Wildman–Crippen MR) is 70.8 cm³/mol. The minimum atomic E-state index is -1.07. The van der Waals surface area contributed by atoms with Crippen LogP contribution < -0.4 is 0 Å². The van der Waals surface area contributed by atoms with E-state index in [1.54, 1.807) is 18.2 Å². The van der Waals surface area contributed by atoms with Gasteiger partial charge in [0.05, 0.1) is 4.83 Å². The van der Waals surface area contributed by atoms with Crippen LogP contribution in [-0.2, 0) is 9.59 Å². The Morgan fingerprint density at radius 2 is 2.06 bits per heavy atom. The van der Waals surface area contributed by atoms with Crippen LogP contribution in [0.1, 0.15) is 33.2 Å². The zero-order chi connectivity index (χ0) is 13.7. The Morgan fingerprint density at radius 3 is 2.56 bits per heavy atom. The van der Waals surface area contributed by atoms with Crippen LogP contribution in [0.25, 0.3) is 6.08 Å². The van der Waals surface area contributed by atoms with E-state index in [9.17, 15) is 14.4 Å². The van der Waals surface area contributed by atoms with Crippen LogP contribution in [-0.4, -0.2) is 23.1 Å². The van der Waals surface area contributed by atoms with Gasteiger partial charge in [-0.15, -0.1) is 0 Å². The molecule has 0 saturated heterocycles. The lowest BCUT2D eigenvalue weighted by Crippen LogP contribution is -2.04. The predicted octanol–water partition coefficient (Wildman–Crippen LogP) is 2.62. The van der Waals surface area contributed by atoms with Crippen molar-refractivity contribution in [2.75, 3.05) is 0 Å². The Kier molecular flexibility index (Phi) is 4.97. The highest BCUT2D eigenvalue weighted by Crippen LogP contribution is 2.28. The minimum absolute atomic E-state index is 0.122. The highest BCUT2D eigenvalue weighted by Gasteiger charge is 2.16. The fourth-order valence-electron chi connectivity index (χ4n) is 1.42. The van der Waals surface area contributed by atoms with Crippen molar-refractivity contribution >= 4 is 40.0 Å². The number of ketones is 1. The molecule has 5 heteroatoms. The standard InChI is InChI=1S/C13H11BrO4/c1-8(16)13(14)11-6-9(7-15)2-3-10(11)4-5-12(17)18/h2-7,13H,1H3,(H,17,18). The van der Waals surface area contributed by atoms with Crippen LogP contribution in [0.5, 0.6) is 0 Å². The summed E-state index contributed by atoms with van der Waals surface area (Å²) in [5.74, 6) is -1.20. The first-order valence-corrected chi connectivity index (χ1v) is 6.02. The summed E-state index contributed by atoms with van der Waals surface area (Å²) in [4.78, 5) is 32.0. The number of aldehydes is 1. The van der Waals surface area contributed by atoms with E-state index in [0.717, 1.165) is 6.08 Å². The van der Waals surface area contributed by atoms with Crippen LogP contribution >= 0.6 is 15.9 Å². The van der Waals surface area contributed by atoms with Crippen molar-refractivity contribution in [3.63, 3.8) is 0 Å². The van der Waals surface area contributed by atoms with Gasteiger partial charge in [-0.3, -0.25) is 9.59 Å². The van der Waals surface area contributed by atoms with Crippen LogP contribution in [0.15, 0.2) is 24.3 Å². The molecule has 0 fully saturated rings. The minimum Gasteiger partial charge on any atom is -0.478 e. The number of hydrogen-bond donors (Lipinski definition) is 1. The molecular formula is C13H11BrO4. The summed E-state index contributed by atoms with van der Waals surface area (Å²) in [6, 6.07) is 4.74. The van der Waals surface area contributed by atoms with Gasteiger partial charge < -0.3 is 5.11 Å². The Hall–Kier alpha value is -1.75. The van der Waals surface area contributed by atoms with Crippen molar-refractivity contribution in [2.24, 2.45) is 0 Å². The van der Waals surface area contributed by atoms with Crippen molar-refractivity contribution < 1.29 is 19.5 Å². The maximum absolute atomic E-state index is 11.4. The Morgan fingerprint density at radius 1 is 1.39 bits per heavy atom. The fourth-order valence-corrected chi connectivity index (χ4v) is 1.81. The summed E-state index contributed by atoms with van der Waals surface area (Å²) in [6.45, 7) is 1.41. The number of alkyl halides is 1. The first-order chi connectivity index (χ1) is 8.45. The van der Waals surface area contributed by atoms with E-state index in [1.807, 2.05) is 0 Å². The number of halogens is 1. The molecule has 0 aliphatic heterocycles. The van der Waals surface area contributed by atoms with Gasteiger partial charge in [0.1, 0.15) is 12.1 Å². The Balaban J connectivity index is 3.28. The third-order valence-corrected chi connectivity index (χ3v) is 3.42. The summed E-state index contributed by atoms with van der Waals surface area (Å²) in [6.07, 6.45) is 3.05. The van der Waals surface area contributed by atoms with E-state index >= 15 is 0 Å². The number of aliphatic carboxylic acids is 1. The molecule has 1 N–H and O–H groups in total. The lowest BCUT2D eigenvalue weighted by Gasteiger charge is -2.11. The normalized spacial score (nSPS) is 12.3. The summed E-state index contributed by atoms with van der Waals surface area (Å²) >= 11 is 3.22. The van der Waals surface area contributed by atoms with Gasteiger partial charge >= 0.3 is 5.97 Å². The molecule has 0 amide bonds. The summed E-state index contributed by atoms with van der Waals surface area (Å²) < 4.78 is 0. The lowest BCUT2D eigenvalue weighted by molar-refractivity contribution is -0.131. The molecule has 0 spiro atoms. The molecule has 0 aliphatic rings. The van der Waals surface area contributed by atoms with Gasteiger partial charge in [-0.1, -0.05) is 28.1 Å². The van der Waals surface area contributed by atoms with Crippen molar-refractivity contribution in [3.05, 3.63) is 41.0 Å². The number of carboxylic acid groups (broad SMARTS) is 1. The van der Waals surface area contributed by atoms with Crippen molar-refractivity contribution in [2.45, 2.75) is 11.8 Å². The highest BCUT2D eigenvalue weighted by molar-refractivity contribution is 9.09. The molecule has 1 rings (SSSR count). The summed E-state index contributed by atoms with van der Waals surface area (Å²) in [5, 5.41) is 8.59. The average molecular weight is 311 g/mol. The third kappa shape index (κ3) is 3.63. The van der Waals surface area contributed by atoms with E-state index in [4.69, 9.17) is 5.11 Å². The molecule has 1 atom stereocenters. The second-order valence-electron chi connectivity index (χ2n) is 3.65. The smallest absolute Gasteiger partial charge is 0.328 e. The molecule has 1 aromatic rings. The van der Waals surface area contributed by atoms with Crippen molar-refractivity contribution in [1.29, 1.82) is 0 Å². The first kappa shape index (κ1) is 14.3. The lowest BCUT2D eigenvalue weighted by atomic mass is 9.99.